The average Bonchev–Trinajstić information content (AvgIpc) is 2.48. The predicted octanol–water partition coefficient (Wildman–Crippen LogP) is 4.40. The van der Waals surface area contributed by atoms with Gasteiger partial charge in [0.05, 0.1) is 6.10 Å². The molecule has 0 bridgehead atoms. The lowest BCUT2D eigenvalue weighted by molar-refractivity contribution is -0.136. The van der Waals surface area contributed by atoms with E-state index in [9.17, 15) is 4.79 Å². The Morgan fingerprint density at radius 1 is 1.23 bits per heavy atom. The lowest BCUT2D eigenvalue weighted by Gasteiger charge is -2.27. The number of amides is 1. The van der Waals surface area contributed by atoms with Gasteiger partial charge < -0.3 is 14.8 Å². The Morgan fingerprint density at radius 3 is 2.36 bits per heavy atom. The number of ether oxygens (including phenoxy) is 2. The molecule has 1 N–H and O–H groups in total. The van der Waals surface area contributed by atoms with Gasteiger partial charge >= 0.3 is 0 Å². The number of benzene rings is 1. The molecule has 1 amide bonds. The summed E-state index contributed by atoms with van der Waals surface area (Å²) in [4.78, 5) is 12.5. The van der Waals surface area contributed by atoms with E-state index in [0.717, 1.165) is 37.1 Å². The van der Waals surface area contributed by atoms with Gasteiger partial charge in [0.1, 0.15) is 11.4 Å². The van der Waals surface area contributed by atoms with Crippen LogP contribution in [-0.2, 0) is 9.53 Å². The molecule has 1 atom stereocenters. The first-order chi connectivity index (χ1) is 10.4. The second-order valence-electron chi connectivity index (χ2n) is 6.04. The van der Waals surface area contributed by atoms with Crippen molar-refractivity contribution >= 4 is 11.6 Å². The average molecular weight is 307 g/mol. The first-order valence-corrected chi connectivity index (χ1v) is 8.04. The Morgan fingerprint density at radius 2 is 1.86 bits per heavy atom. The monoisotopic (exact) mass is 307 g/mol. The van der Waals surface area contributed by atoms with Gasteiger partial charge in [-0.3, -0.25) is 4.79 Å². The van der Waals surface area contributed by atoms with Gasteiger partial charge in [0, 0.05) is 12.8 Å². The Bertz CT molecular complexity index is 456. The fourth-order valence-corrected chi connectivity index (χ4v) is 2.17. The summed E-state index contributed by atoms with van der Waals surface area (Å²) < 4.78 is 11.0. The highest BCUT2D eigenvalue weighted by Gasteiger charge is 2.32. The summed E-state index contributed by atoms with van der Waals surface area (Å²) in [6.07, 6.45) is 4.06. The van der Waals surface area contributed by atoms with Gasteiger partial charge in [0.25, 0.3) is 5.91 Å². The number of hydrogen-bond donors (Lipinski definition) is 1. The third-order valence-corrected chi connectivity index (χ3v) is 3.67. The maximum Gasteiger partial charge on any atom is 0.256 e. The highest BCUT2D eigenvalue weighted by atomic mass is 16.5. The molecule has 0 aliphatic carbocycles. The van der Waals surface area contributed by atoms with E-state index in [4.69, 9.17) is 9.47 Å². The lowest BCUT2D eigenvalue weighted by atomic mass is 9.97. The quantitative estimate of drug-likeness (QED) is 0.688. The molecule has 0 spiro atoms. The molecule has 1 aromatic carbocycles. The van der Waals surface area contributed by atoms with Gasteiger partial charge in [-0.05, 0) is 51.5 Å². The topological polar surface area (TPSA) is 47.6 Å². The van der Waals surface area contributed by atoms with E-state index in [1.165, 1.54) is 0 Å². The highest BCUT2D eigenvalue weighted by molar-refractivity contribution is 5.97. The van der Waals surface area contributed by atoms with E-state index in [1.807, 2.05) is 45.0 Å². The van der Waals surface area contributed by atoms with Crippen LogP contribution < -0.4 is 10.1 Å². The van der Waals surface area contributed by atoms with Crippen LogP contribution in [0.5, 0.6) is 5.75 Å². The van der Waals surface area contributed by atoms with Crippen molar-refractivity contribution in [1.29, 1.82) is 0 Å². The molecule has 0 heterocycles. The van der Waals surface area contributed by atoms with Crippen molar-refractivity contribution in [3.8, 4) is 5.75 Å². The summed E-state index contributed by atoms with van der Waals surface area (Å²) >= 11 is 0. The van der Waals surface area contributed by atoms with Gasteiger partial charge in [-0.2, -0.15) is 0 Å². The van der Waals surface area contributed by atoms with E-state index in [0.29, 0.717) is 0 Å². The number of unbranched alkanes of at least 4 members (excludes halogenated alkanes) is 2. The molecule has 0 saturated carbocycles. The van der Waals surface area contributed by atoms with Crippen molar-refractivity contribution in [2.75, 3.05) is 12.4 Å². The van der Waals surface area contributed by atoms with Crippen molar-refractivity contribution in [3.63, 3.8) is 0 Å². The predicted molar refractivity (Wildman–Crippen MR) is 90.4 cm³/mol. The first-order valence-electron chi connectivity index (χ1n) is 8.04. The van der Waals surface area contributed by atoms with E-state index in [1.54, 1.807) is 7.11 Å². The summed E-state index contributed by atoms with van der Waals surface area (Å²) in [6, 6.07) is 7.41. The van der Waals surface area contributed by atoms with Crippen molar-refractivity contribution < 1.29 is 14.3 Å². The van der Waals surface area contributed by atoms with Crippen molar-refractivity contribution in [2.45, 2.75) is 65.1 Å². The number of nitrogens with one attached hydrogen (secondary N) is 1. The van der Waals surface area contributed by atoms with Crippen LogP contribution in [-0.4, -0.2) is 24.7 Å². The number of hydrogen-bond acceptors (Lipinski definition) is 3. The molecule has 0 fully saturated rings. The van der Waals surface area contributed by atoms with Crippen LogP contribution in [0.4, 0.5) is 5.69 Å². The van der Waals surface area contributed by atoms with E-state index < -0.39 is 5.60 Å². The van der Waals surface area contributed by atoms with Crippen LogP contribution in [0.3, 0.4) is 0 Å². The third-order valence-electron chi connectivity index (χ3n) is 3.67. The molecular weight excluding hydrogens is 278 g/mol. The minimum atomic E-state index is -0.789. The molecule has 0 aliphatic heterocycles. The molecular formula is C18H29NO3. The molecule has 4 heteroatoms. The van der Waals surface area contributed by atoms with E-state index in [-0.39, 0.29) is 12.0 Å². The molecule has 1 rings (SSSR count). The molecule has 4 nitrogen and oxygen atoms in total. The molecule has 0 aliphatic rings. The van der Waals surface area contributed by atoms with Crippen molar-refractivity contribution in [3.05, 3.63) is 24.3 Å². The zero-order valence-electron chi connectivity index (χ0n) is 14.4. The number of methoxy groups -OCH3 is 1. The fourth-order valence-electron chi connectivity index (χ4n) is 2.17. The molecule has 0 saturated heterocycles. The van der Waals surface area contributed by atoms with Gasteiger partial charge in [-0.25, -0.2) is 0 Å². The standard InChI is InChI=1S/C18H29NO3/c1-6-7-8-13-18(4,21-5)17(20)19-15-9-11-16(12-10-15)22-14(2)3/h9-12,14H,6-8,13H2,1-5H3,(H,19,20). The summed E-state index contributed by atoms with van der Waals surface area (Å²) in [5.41, 5.74) is -0.0395. The molecule has 0 radical (unpaired) electrons. The van der Waals surface area contributed by atoms with Crippen LogP contribution in [0.15, 0.2) is 24.3 Å². The first kappa shape index (κ1) is 18.5. The van der Waals surface area contributed by atoms with Crippen LogP contribution in [0.1, 0.15) is 53.4 Å². The third kappa shape index (κ3) is 5.68. The Hall–Kier alpha value is -1.55. The second kappa shape index (κ2) is 8.79. The Balaban J connectivity index is 2.65. The maximum absolute atomic E-state index is 12.5. The Kier molecular flexibility index (Phi) is 7.39. The molecule has 22 heavy (non-hydrogen) atoms. The number of rotatable bonds is 9. The summed E-state index contributed by atoms with van der Waals surface area (Å²) in [7, 11) is 1.59. The number of carbonyl (C=O) groups excluding carboxylic acids is 1. The Labute approximate surface area is 134 Å². The fraction of sp³-hybridized carbons (Fsp3) is 0.611. The summed E-state index contributed by atoms with van der Waals surface area (Å²) in [5, 5.41) is 2.92. The smallest absolute Gasteiger partial charge is 0.256 e. The van der Waals surface area contributed by atoms with Gasteiger partial charge in [0.2, 0.25) is 0 Å². The van der Waals surface area contributed by atoms with Crippen LogP contribution in [0, 0.1) is 0 Å². The van der Waals surface area contributed by atoms with Crippen molar-refractivity contribution in [2.24, 2.45) is 0 Å². The zero-order valence-corrected chi connectivity index (χ0v) is 14.4. The minimum absolute atomic E-state index is 0.108. The van der Waals surface area contributed by atoms with E-state index >= 15 is 0 Å². The SMILES string of the molecule is CCCCCC(C)(OC)C(=O)Nc1ccc(OC(C)C)cc1. The van der Waals surface area contributed by atoms with Gasteiger partial charge in [-0.15, -0.1) is 0 Å². The van der Waals surface area contributed by atoms with Gasteiger partial charge in [-0.1, -0.05) is 26.2 Å². The van der Waals surface area contributed by atoms with Crippen LogP contribution >= 0.6 is 0 Å². The zero-order chi connectivity index (χ0) is 16.6. The molecule has 124 valence electrons. The number of anilines is 1. The summed E-state index contributed by atoms with van der Waals surface area (Å²) in [6.45, 7) is 7.95. The largest absolute Gasteiger partial charge is 0.491 e. The van der Waals surface area contributed by atoms with Crippen LogP contribution in [0.2, 0.25) is 0 Å². The molecule has 1 aromatic rings. The number of carbonyl (C=O) groups is 1. The second-order valence-corrected chi connectivity index (χ2v) is 6.04. The van der Waals surface area contributed by atoms with E-state index in [2.05, 4.69) is 12.2 Å². The molecule has 1 unspecified atom stereocenters. The van der Waals surface area contributed by atoms with Crippen molar-refractivity contribution in [1.82, 2.24) is 0 Å². The van der Waals surface area contributed by atoms with Gasteiger partial charge in [0.15, 0.2) is 0 Å². The molecule has 0 aromatic heterocycles. The van der Waals surface area contributed by atoms with Crippen LogP contribution in [0.25, 0.3) is 0 Å². The normalized spacial score (nSPS) is 13.7. The maximum atomic E-state index is 12.5. The summed E-state index contributed by atoms with van der Waals surface area (Å²) in [5.74, 6) is 0.689. The highest BCUT2D eigenvalue weighted by Crippen LogP contribution is 2.22. The minimum Gasteiger partial charge on any atom is -0.491 e. The lowest BCUT2D eigenvalue weighted by Crippen LogP contribution is -2.41.